The fraction of sp³-hybridized carbons (Fsp3) is 0.400. The van der Waals surface area contributed by atoms with Crippen LogP contribution in [0.15, 0.2) is 12.1 Å². The van der Waals surface area contributed by atoms with Gasteiger partial charge in [-0.15, -0.1) is 0 Å². The summed E-state index contributed by atoms with van der Waals surface area (Å²) in [5.74, 6) is 0. The Morgan fingerprint density at radius 2 is 1.94 bits per heavy atom. The zero-order valence-electron chi connectivity index (χ0n) is 11.1. The molecule has 96 valence electrons. The zero-order chi connectivity index (χ0) is 13.3. The average Bonchev–Trinajstić information content (AvgIpc) is 2.59. The molecule has 0 spiro atoms. The third-order valence-electron chi connectivity index (χ3n) is 3.51. The second-order valence-electron chi connectivity index (χ2n) is 4.78. The Labute approximate surface area is 113 Å². The van der Waals surface area contributed by atoms with Crippen LogP contribution in [0.3, 0.4) is 0 Å². The van der Waals surface area contributed by atoms with Crippen LogP contribution in [0.2, 0.25) is 5.15 Å². The molecule has 18 heavy (non-hydrogen) atoms. The molecule has 0 aliphatic heterocycles. The summed E-state index contributed by atoms with van der Waals surface area (Å²) in [4.78, 5) is 11.2. The third-order valence-corrected chi connectivity index (χ3v) is 3.91. The van der Waals surface area contributed by atoms with Crippen molar-refractivity contribution < 1.29 is 4.79 Å². The van der Waals surface area contributed by atoms with Crippen molar-refractivity contribution in [2.24, 2.45) is 0 Å². The minimum absolute atomic E-state index is 0.568. The highest BCUT2D eigenvalue weighted by Gasteiger charge is 2.15. The number of rotatable bonds is 4. The summed E-state index contributed by atoms with van der Waals surface area (Å²) in [7, 11) is 0. The van der Waals surface area contributed by atoms with Gasteiger partial charge in [0.25, 0.3) is 0 Å². The standard InChI is InChI=1S/C15H18ClNO/c1-4-5-6-17-14-8-11(3)10(2)7-12(14)13(9-18)15(17)16/h7-9H,4-6H2,1-3H3. The highest BCUT2D eigenvalue weighted by atomic mass is 35.5. The van der Waals surface area contributed by atoms with Crippen LogP contribution >= 0.6 is 11.6 Å². The molecule has 0 fully saturated rings. The average molecular weight is 264 g/mol. The van der Waals surface area contributed by atoms with Crippen LogP contribution in [-0.4, -0.2) is 10.9 Å². The molecule has 2 rings (SSSR count). The van der Waals surface area contributed by atoms with E-state index in [1.54, 1.807) is 0 Å². The molecule has 0 saturated heterocycles. The minimum Gasteiger partial charge on any atom is -0.331 e. The minimum atomic E-state index is 0.568. The normalized spacial score (nSPS) is 11.1. The van der Waals surface area contributed by atoms with Gasteiger partial charge in [-0.25, -0.2) is 0 Å². The number of benzene rings is 1. The van der Waals surface area contributed by atoms with Crippen LogP contribution in [0.5, 0.6) is 0 Å². The van der Waals surface area contributed by atoms with E-state index in [1.807, 2.05) is 0 Å². The van der Waals surface area contributed by atoms with E-state index in [0.717, 1.165) is 36.6 Å². The van der Waals surface area contributed by atoms with Gasteiger partial charge in [-0.2, -0.15) is 0 Å². The Hall–Kier alpha value is -1.28. The Morgan fingerprint density at radius 3 is 2.56 bits per heavy atom. The SMILES string of the molecule is CCCCn1c(Cl)c(C=O)c2cc(C)c(C)cc21. The van der Waals surface area contributed by atoms with Crippen molar-refractivity contribution in [3.05, 3.63) is 34.0 Å². The Kier molecular flexibility index (Phi) is 3.76. The van der Waals surface area contributed by atoms with Gasteiger partial charge < -0.3 is 4.57 Å². The van der Waals surface area contributed by atoms with Crippen molar-refractivity contribution in [2.75, 3.05) is 0 Å². The summed E-state index contributed by atoms with van der Waals surface area (Å²) >= 11 is 6.32. The summed E-state index contributed by atoms with van der Waals surface area (Å²) in [6.07, 6.45) is 3.04. The smallest absolute Gasteiger partial charge is 0.153 e. The van der Waals surface area contributed by atoms with Crippen molar-refractivity contribution in [2.45, 2.75) is 40.2 Å². The number of aldehydes is 1. The van der Waals surface area contributed by atoms with E-state index in [-0.39, 0.29) is 0 Å². The maximum absolute atomic E-state index is 11.2. The lowest BCUT2D eigenvalue weighted by molar-refractivity contribution is 0.112. The van der Waals surface area contributed by atoms with Crippen molar-refractivity contribution in [3.63, 3.8) is 0 Å². The largest absolute Gasteiger partial charge is 0.331 e. The predicted molar refractivity (Wildman–Crippen MR) is 76.7 cm³/mol. The second kappa shape index (κ2) is 5.15. The molecule has 0 aliphatic carbocycles. The molecule has 0 N–H and O–H groups in total. The predicted octanol–water partition coefficient (Wildman–Crippen LogP) is 4.52. The maximum atomic E-state index is 11.2. The molecule has 3 heteroatoms. The van der Waals surface area contributed by atoms with Crippen molar-refractivity contribution in [1.82, 2.24) is 4.57 Å². The van der Waals surface area contributed by atoms with Gasteiger partial charge in [-0.05, 0) is 43.5 Å². The van der Waals surface area contributed by atoms with Crippen LogP contribution in [-0.2, 0) is 6.54 Å². The van der Waals surface area contributed by atoms with Crippen molar-refractivity contribution in [1.29, 1.82) is 0 Å². The summed E-state index contributed by atoms with van der Waals surface area (Å²) in [6.45, 7) is 7.15. The van der Waals surface area contributed by atoms with Gasteiger partial charge in [0.2, 0.25) is 0 Å². The lowest BCUT2D eigenvalue weighted by atomic mass is 10.1. The third kappa shape index (κ3) is 2.05. The Bertz CT molecular complexity index is 598. The zero-order valence-corrected chi connectivity index (χ0v) is 11.8. The molecule has 1 aromatic heterocycles. The highest BCUT2D eigenvalue weighted by molar-refractivity contribution is 6.34. The van der Waals surface area contributed by atoms with Gasteiger partial charge >= 0.3 is 0 Å². The number of nitrogens with zero attached hydrogens (tertiary/aromatic N) is 1. The van der Waals surface area contributed by atoms with Gasteiger partial charge in [-0.3, -0.25) is 4.79 Å². The fourth-order valence-electron chi connectivity index (χ4n) is 2.25. The topological polar surface area (TPSA) is 22.0 Å². The van der Waals surface area contributed by atoms with Gasteiger partial charge in [0.15, 0.2) is 6.29 Å². The first-order chi connectivity index (χ1) is 8.60. The Balaban J connectivity index is 2.72. The van der Waals surface area contributed by atoms with E-state index >= 15 is 0 Å². The van der Waals surface area contributed by atoms with Crippen LogP contribution < -0.4 is 0 Å². The van der Waals surface area contributed by atoms with Crippen LogP contribution in [0.1, 0.15) is 41.3 Å². The first kappa shape index (κ1) is 13.2. The summed E-state index contributed by atoms with van der Waals surface area (Å²) < 4.78 is 2.05. The number of unbranched alkanes of at least 4 members (excludes halogenated alkanes) is 1. The molecular formula is C15H18ClNO. The molecule has 0 atom stereocenters. The molecule has 1 aromatic carbocycles. The van der Waals surface area contributed by atoms with Crippen molar-refractivity contribution in [3.8, 4) is 0 Å². The van der Waals surface area contributed by atoms with Crippen LogP contribution in [0.25, 0.3) is 10.9 Å². The van der Waals surface area contributed by atoms with Gasteiger partial charge in [0, 0.05) is 11.9 Å². The quantitative estimate of drug-likeness (QED) is 0.743. The van der Waals surface area contributed by atoms with Gasteiger partial charge in [0.05, 0.1) is 11.1 Å². The van der Waals surface area contributed by atoms with Gasteiger partial charge in [-0.1, -0.05) is 24.9 Å². The van der Waals surface area contributed by atoms with Crippen LogP contribution in [0.4, 0.5) is 0 Å². The summed E-state index contributed by atoms with van der Waals surface area (Å²) in [5.41, 5.74) is 4.10. The van der Waals surface area contributed by atoms with E-state index in [0.29, 0.717) is 10.7 Å². The molecule has 1 heterocycles. The summed E-state index contributed by atoms with van der Waals surface area (Å²) in [5, 5.41) is 1.53. The molecule has 0 saturated carbocycles. The monoisotopic (exact) mass is 263 g/mol. The second-order valence-corrected chi connectivity index (χ2v) is 5.14. The molecular weight excluding hydrogens is 246 g/mol. The molecule has 2 aromatic rings. The van der Waals surface area contributed by atoms with E-state index < -0.39 is 0 Å². The first-order valence-electron chi connectivity index (χ1n) is 6.34. The molecule has 0 amide bonds. The maximum Gasteiger partial charge on any atom is 0.153 e. The lowest BCUT2D eigenvalue weighted by Gasteiger charge is -2.07. The highest BCUT2D eigenvalue weighted by Crippen LogP contribution is 2.31. The number of carbonyl (C=O) groups excluding carboxylic acids is 1. The van der Waals surface area contributed by atoms with E-state index in [1.165, 1.54) is 11.1 Å². The number of aromatic nitrogens is 1. The van der Waals surface area contributed by atoms with E-state index in [4.69, 9.17) is 11.6 Å². The fourth-order valence-corrected chi connectivity index (χ4v) is 2.57. The first-order valence-corrected chi connectivity index (χ1v) is 6.72. The van der Waals surface area contributed by atoms with E-state index in [9.17, 15) is 4.79 Å². The van der Waals surface area contributed by atoms with Gasteiger partial charge in [0.1, 0.15) is 5.15 Å². The number of carbonyl (C=O) groups is 1. The number of hydrogen-bond donors (Lipinski definition) is 0. The van der Waals surface area contributed by atoms with Crippen LogP contribution in [0, 0.1) is 13.8 Å². The van der Waals surface area contributed by atoms with E-state index in [2.05, 4.69) is 37.5 Å². The lowest BCUT2D eigenvalue weighted by Crippen LogP contribution is -1.98. The number of hydrogen-bond acceptors (Lipinski definition) is 1. The van der Waals surface area contributed by atoms with Crippen molar-refractivity contribution >= 4 is 28.8 Å². The molecule has 0 aliphatic rings. The number of fused-ring (bicyclic) bond motifs is 1. The number of aryl methyl sites for hydroxylation is 3. The number of halogens is 1. The summed E-state index contributed by atoms with van der Waals surface area (Å²) in [6, 6.07) is 4.18. The molecule has 0 radical (unpaired) electrons. The molecule has 0 bridgehead atoms. The molecule has 0 unspecified atom stereocenters. The Morgan fingerprint density at radius 1 is 1.28 bits per heavy atom. The molecule has 2 nitrogen and oxygen atoms in total.